The molecule has 0 unspecified atom stereocenters. The van der Waals surface area contributed by atoms with Gasteiger partial charge in [0.2, 0.25) is 6.29 Å². The highest BCUT2D eigenvalue weighted by molar-refractivity contribution is 5.91. The van der Waals surface area contributed by atoms with Gasteiger partial charge in [-0.25, -0.2) is 0 Å². The smallest absolute Gasteiger partial charge is 0.288 e. The lowest BCUT2D eigenvalue weighted by molar-refractivity contribution is -0.180. The first kappa shape index (κ1) is 22.6. The maximum absolute atomic E-state index is 13.4. The van der Waals surface area contributed by atoms with Crippen LogP contribution < -0.4 is 0 Å². The number of carbonyl (C=O) groups is 1. The van der Waals surface area contributed by atoms with Gasteiger partial charge in [0.1, 0.15) is 0 Å². The highest BCUT2D eigenvalue weighted by Gasteiger charge is 2.41. The summed E-state index contributed by atoms with van der Waals surface area (Å²) in [5, 5.41) is 9.41. The number of hydrogen-bond donors (Lipinski definition) is 1. The predicted molar refractivity (Wildman–Crippen MR) is 114 cm³/mol. The van der Waals surface area contributed by atoms with E-state index in [4.69, 9.17) is 9.47 Å². The van der Waals surface area contributed by atoms with Crippen molar-refractivity contribution >= 4 is 5.91 Å². The normalized spacial score (nSPS) is 29.5. The van der Waals surface area contributed by atoms with Gasteiger partial charge in [-0.15, -0.1) is 0 Å². The van der Waals surface area contributed by atoms with Crippen LogP contribution in [0.25, 0.3) is 0 Å². The maximum atomic E-state index is 13.4. The topological polar surface area (TPSA) is 59.0 Å². The van der Waals surface area contributed by atoms with E-state index in [-0.39, 0.29) is 24.7 Å². The Morgan fingerprint density at radius 3 is 2.41 bits per heavy atom. The van der Waals surface area contributed by atoms with Crippen molar-refractivity contribution in [1.29, 1.82) is 0 Å². The van der Waals surface area contributed by atoms with Crippen LogP contribution in [-0.4, -0.2) is 48.5 Å². The number of hydrogen-bond acceptors (Lipinski definition) is 4. The van der Waals surface area contributed by atoms with Crippen LogP contribution in [-0.2, 0) is 14.3 Å². The third-order valence-corrected chi connectivity index (χ3v) is 7.01. The molecule has 1 aliphatic carbocycles. The number of ether oxygens (including phenoxy) is 2. The Labute approximate surface area is 176 Å². The lowest BCUT2D eigenvalue weighted by Crippen LogP contribution is -2.43. The molecule has 1 amide bonds. The molecule has 2 heterocycles. The molecule has 0 aromatic carbocycles. The van der Waals surface area contributed by atoms with Gasteiger partial charge in [0.25, 0.3) is 5.91 Å². The van der Waals surface area contributed by atoms with Crippen molar-refractivity contribution in [2.75, 3.05) is 26.3 Å². The number of rotatable bonds is 7. The minimum Gasteiger partial charge on any atom is -0.459 e. The number of nitrogens with zero attached hydrogens (tertiary/aromatic N) is 1. The fourth-order valence-electron chi connectivity index (χ4n) is 5.44. The maximum Gasteiger partial charge on any atom is 0.288 e. The summed E-state index contributed by atoms with van der Waals surface area (Å²) in [5.74, 6) is 1.68. The Kier molecular flexibility index (Phi) is 9.32. The first-order valence-electron chi connectivity index (χ1n) is 12.1. The van der Waals surface area contributed by atoms with E-state index in [1.165, 1.54) is 51.4 Å². The standard InChI is InChI=1S/C24H41NO4/c1-2-28-24-20(14-11-17-26)21(19-12-7-6-8-13-19)18-22(29-24)23(27)25-15-9-4-3-5-10-16-25/h18-21,24,26H,2-17H2,1H3/t20-,21+,24+/m1/s1. The Hall–Kier alpha value is -1.07. The van der Waals surface area contributed by atoms with Crippen molar-refractivity contribution in [3.05, 3.63) is 11.8 Å². The van der Waals surface area contributed by atoms with Crippen LogP contribution in [0.2, 0.25) is 0 Å². The Balaban J connectivity index is 1.81. The van der Waals surface area contributed by atoms with Gasteiger partial charge in [0.05, 0.1) is 0 Å². The van der Waals surface area contributed by atoms with E-state index in [2.05, 4.69) is 6.08 Å². The molecule has 1 N–H and O–H groups in total. The zero-order valence-electron chi connectivity index (χ0n) is 18.3. The molecule has 1 saturated heterocycles. The predicted octanol–water partition coefficient (Wildman–Crippen LogP) is 4.64. The van der Waals surface area contributed by atoms with Crippen LogP contribution in [0.3, 0.4) is 0 Å². The van der Waals surface area contributed by atoms with Crippen LogP contribution in [0.1, 0.15) is 84.0 Å². The van der Waals surface area contributed by atoms with Crippen molar-refractivity contribution in [3.8, 4) is 0 Å². The SMILES string of the molecule is CCO[C@H]1OC(C(=O)N2CCCCCCC2)=C[C@@H](C2CCCCC2)[C@H]1CCCO. The summed E-state index contributed by atoms with van der Waals surface area (Å²) in [7, 11) is 0. The van der Waals surface area contributed by atoms with Gasteiger partial charge in [-0.1, -0.05) is 38.5 Å². The zero-order chi connectivity index (χ0) is 20.5. The molecule has 5 nitrogen and oxygen atoms in total. The van der Waals surface area contributed by atoms with E-state index in [0.29, 0.717) is 24.2 Å². The van der Waals surface area contributed by atoms with Crippen LogP contribution >= 0.6 is 0 Å². The van der Waals surface area contributed by atoms with E-state index in [1.54, 1.807) is 0 Å². The second-order valence-electron chi connectivity index (χ2n) is 9.04. The van der Waals surface area contributed by atoms with Gasteiger partial charge < -0.3 is 19.5 Å². The molecule has 0 radical (unpaired) electrons. The molecular formula is C24H41NO4. The highest BCUT2D eigenvalue weighted by Crippen LogP contribution is 2.42. The molecule has 166 valence electrons. The quantitative estimate of drug-likeness (QED) is 0.668. The van der Waals surface area contributed by atoms with E-state index in [0.717, 1.165) is 38.8 Å². The van der Waals surface area contributed by atoms with Crippen molar-refractivity contribution in [3.63, 3.8) is 0 Å². The zero-order valence-corrected chi connectivity index (χ0v) is 18.3. The van der Waals surface area contributed by atoms with Gasteiger partial charge in [-0.05, 0) is 63.4 Å². The average molecular weight is 408 g/mol. The third-order valence-electron chi connectivity index (χ3n) is 7.01. The first-order chi connectivity index (χ1) is 14.2. The van der Waals surface area contributed by atoms with Gasteiger partial charge >= 0.3 is 0 Å². The summed E-state index contributed by atoms with van der Waals surface area (Å²) >= 11 is 0. The first-order valence-corrected chi connectivity index (χ1v) is 12.1. The number of aliphatic hydroxyl groups excluding tert-OH is 1. The van der Waals surface area contributed by atoms with Crippen molar-refractivity contribution in [2.24, 2.45) is 17.8 Å². The van der Waals surface area contributed by atoms with Gasteiger partial charge in [0, 0.05) is 32.2 Å². The summed E-state index contributed by atoms with van der Waals surface area (Å²) < 4.78 is 12.2. The summed E-state index contributed by atoms with van der Waals surface area (Å²) in [6.45, 7) is 4.42. The van der Waals surface area contributed by atoms with E-state index in [1.807, 2.05) is 11.8 Å². The number of amides is 1. The third kappa shape index (κ3) is 6.21. The monoisotopic (exact) mass is 407 g/mol. The second kappa shape index (κ2) is 11.9. The fourth-order valence-corrected chi connectivity index (χ4v) is 5.44. The summed E-state index contributed by atoms with van der Waals surface area (Å²) in [6.07, 6.45) is 15.6. The molecule has 2 fully saturated rings. The van der Waals surface area contributed by atoms with Gasteiger partial charge in [-0.3, -0.25) is 4.79 Å². The van der Waals surface area contributed by atoms with Gasteiger partial charge in [0.15, 0.2) is 5.76 Å². The molecule has 0 aromatic heterocycles. The number of allylic oxidation sites excluding steroid dienone is 1. The van der Waals surface area contributed by atoms with E-state index >= 15 is 0 Å². The highest BCUT2D eigenvalue weighted by atomic mass is 16.7. The van der Waals surface area contributed by atoms with Crippen molar-refractivity contribution in [1.82, 2.24) is 4.90 Å². The number of carbonyl (C=O) groups excluding carboxylic acids is 1. The molecule has 3 atom stereocenters. The van der Waals surface area contributed by atoms with Crippen LogP contribution in [0, 0.1) is 17.8 Å². The molecule has 29 heavy (non-hydrogen) atoms. The van der Waals surface area contributed by atoms with E-state index in [9.17, 15) is 9.90 Å². The molecule has 0 aromatic rings. The minimum absolute atomic E-state index is 0.0537. The van der Waals surface area contributed by atoms with Crippen molar-refractivity contribution in [2.45, 2.75) is 90.3 Å². The second-order valence-corrected chi connectivity index (χ2v) is 9.04. The van der Waals surface area contributed by atoms with Crippen LogP contribution in [0.15, 0.2) is 11.8 Å². The molecule has 3 aliphatic rings. The lowest BCUT2D eigenvalue weighted by Gasteiger charge is -2.42. The Bertz CT molecular complexity index is 521. The molecule has 5 heteroatoms. The van der Waals surface area contributed by atoms with Gasteiger partial charge in [-0.2, -0.15) is 0 Å². The minimum atomic E-state index is -0.378. The molecule has 0 spiro atoms. The summed E-state index contributed by atoms with van der Waals surface area (Å²) in [4.78, 5) is 15.4. The fraction of sp³-hybridized carbons (Fsp3) is 0.875. The number of likely N-dealkylation sites (tertiary alicyclic amines) is 1. The Morgan fingerprint density at radius 2 is 1.76 bits per heavy atom. The van der Waals surface area contributed by atoms with Crippen LogP contribution in [0.5, 0.6) is 0 Å². The van der Waals surface area contributed by atoms with Crippen LogP contribution in [0.4, 0.5) is 0 Å². The largest absolute Gasteiger partial charge is 0.459 e. The lowest BCUT2D eigenvalue weighted by atomic mass is 9.71. The Morgan fingerprint density at radius 1 is 1.10 bits per heavy atom. The molecular weight excluding hydrogens is 366 g/mol. The number of aliphatic hydroxyl groups is 1. The molecule has 1 saturated carbocycles. The van der Waals surface area contributed by atoms with E-state index < -0.39 is 0 Å². The molecule has 0 bridgehead atoms. The average Bonchev–Trinajstić information content (AvgIpc) is 2.72. The molecule has 3 rings (SSSR count). The summed E-state index contributed by atoms with van der Waals surface area (Å²) in [6, 6.07) is 0. The molecule has 2 aliphatic heterocycles. The summed E-state index contributed by atoms with van der Waals surface area (Å²) in [5.41, 5.74) is 0. The van der Waals surface area contributed by atoms with Crippen molar-refractivity contribution < 1.29 is 19.4 Å².